The van der Waals surface area contributed by atoms with Gasteiger partial charge in [0.2, 0.25) is 5.91 Å². The van der Waals surface area contributed by atoms with Crippen molar-refractivity contribution < 1.29 is 13.6 Å². The standard InChI is InChI=1S/C20H18F2N2OS/c1-13(25)24-20(11-5-4-7-14-6-2-3-8-17(14)20)26-19(23-24)16-12-15(21)9-10-18(16)22/h2-3,6,8-10,12H,4-5,7,11H2,1H3. The van der Waals surface area contributed by atoms with Gasteiger partial charge in [-0.05, 0) is 55.0 Å². The Labute approximate surface area is 155 Å². The SMILES string of the molecule is CC(=O)N1N=C(c2cc(F)ccc2F)SC12CCCCc1ccccc12. The molecule has 2 aromatic carbocycles. The highest BCUT2D eigenvalue weighted by Crippen LogP contribution is 2.53. The number of fused-ring (bicyclic) bond motifs is 2. The fourth-order valence-electron chi connectivity index (χ4n) is 3.75. The van der Waals surface area contributed by atoms with Crippen LogP contribution in [0, 0.1) is 11.6 Å². The predicted octanol–water partition coefficient (Wildman–Crippen LogP) is 4.80. The summed E-state index contributed by atoms with van der Waals surface area (Å²) in [5, 5.41) is 6.24. The molecular formula is C20H18F2N2OS. The van der Waals surface area contributed by atoms with Crippen molar-refractivity contribution >= 4 is 22.7 Å². The number of carbonyl (C=O) groups is 1. The monoisotopic (exact) mass is 372 g/mol. The van der Waals surface area contributed by atoms with Crippen LogP contribution in [0.5, 0.6) is 0 Å². The van der Waals surface area contributed by atoms with E-state index >= 15 is 0 Å². The van der Waals surface area contributed by atoms with Crippen molar-refractivity contribution in [2.45, 2.75) is 37.5 Å². The van der Waals surface area contributed by atoms with Crippen LogP contribution in [0.2, 0.25) is 0 Å². The number of benzene rings is 2. The van der Waals surface area contributed by atoms with Crippen molar-refractivity contribution in [1.29, 1.82) is 0 Å². The van der Waals surface area contributed by atoms with Crippen LogP contribution in [-0.2, 0) is 16.1 Å². The number of hydrogen-bond acceptors (Lipinski definition) is 3. The van der Waals surface area contributed by atoms with E-state index in [9.17, 15) is 13.6 Å². The third kappa shape index (κ3) is 2.72. The molecule has 26 heavy (non-hydrogen) atoms. The van der Waals surface area contributed by atoms with Gasteiger partial charge in [-0.15, -0.1) is 0 Å². The quantitative estimate of drug-likeness (QED) is 0.720. The van der Waals surface area contributed by atoms with Gasteiger partial charge in [-0.25, -0.2) is 13.8 Å². The fourth-order valence-corrected chi connectivity index (χ4v) is 5.27. The average molecular weight is 372 g/mol. The molecule has 0 radical (unpaired) electrons. The molecule has 6 heteroatoms. The van der Waals surface area contributed by atoms with Crippen molar-refractivity contribution in [3.63, 3.8) is 0 Å². The van der Waals surface area contributed by atoms with Crippen molar-refractivity contribution in [2.75, 3.05) is 0 Å². The number of halogens is 2. The molecule has 0 fully saturated rings. The Morgan fingerprint density at radius 3 is 2.81 bits per heavy atom. The Kier molecular flexibility index (Phi) is 4.31. The Balaban J connectivity index is 1.86. The first kappa shape index (κ1) is 17.2. The van der Waals surface area contributed by atoms with Crippen LogP contribution in [0.3, 0.4) is 0 Å². The second-order valence-corrected chi connectivity index (χ2v) is 7.88. The molecule has 2 aromatic rings. The van der Waals surface area contributed by atoms with Gasteiger partial charge in [0.25, 0.3) is 0 Å². The van der Waals surface area contributed by atoms with Gasteiger partial charge < -0.3 is 0 Å². The molecule has 1 spiro atoms. The molecule has 1 unspecified atom stereocenters. The lowest BCUT2D eigenvalue weighted by Crippen LogP contribution is -2.40. The molecule has 0 N–H and O–H groups in total. The summed E-state index contributed by atoms with van der Waals surface area (Å²) in [6.07, 6.45) is 3.61. The summed E-state index contributed by atoms with van der Waals surface area (Å²) in [6, 6.07) is 11.3. The summed E-state index contributed by atoms with van der Waals surface area (Å²) in [5.41, 5.74) is 2.31. The van der Waals surface area contributed by atoms with Crippen LogP contribution < -0.4 is 0 Å². The number of rotatable bonds is 1. The molecule has 0 aromatic heterocycles. The first-order valence-corrected chi connectivity index (χ1v) is 9.45. The number of amides is 1. The number of nitrogens with zero attached hydrogens (tertiary/aromatic N) is 2. The first-order valence-electron chi connectivity index (χ1n) is 8.63. The number of hydrogen-bond donors (Lipinski definition) is 0. The largest absolute Gasteiger partial charge is 0.273 e. The lowest BCUT2D eigenvalue weighted by Gasteiger charge is -2.35. The Morgan fingerprint density at radius 2 is 2.00 bits per heavy atom. The van der Waals surface area contributed by atoms with Gasteiger partial charge >= 0.3 is 0 Å². The number of thioether (sulfide) groups is 1. The van der Waals surface area contributed by atoms with E-state index in [1.54, 1.807) is 0 Å². The Bertz CT molecular complexity index is 914. The summed E-state index contributed by atoms with van der Waals surface area (Å²) in [7, 11) is 0. The van der Waals surface area contributed by atoms with Crippen LogP contribution in [0.15, 0.2) is 47.6 Å². The highest BCUT2D eigenvalue weighted by molar-refractivity contribution is 8.15. The first-order chi connectivity index (χ1) is 12.5. The molecule has 4 rings (SSSR count). The topological polar surface area (TPSA) is 32.7 Å². The maximum absolute atomic E-state index is 14.3. The zero-order valence-corrected chi connectivity index (χ0v) is 15.2. The van der Waals surface area contributed by atoms with E-state index in [-0.39, 0.29) is 11.5 Å². The lowest BCUT2D eigenvalue weighted by atomic mass is 9.98. The van der Waals surface area contributed by atoms with Gasteiger partial charge in [0.15, 0.2) is 0 Å². The third-order valence-electron chi connectivity index (χ3n) is 4.91. The normalized spacial score (nSPS) is 22.1. The average Bonchev–Trinajstić information content (AvgIpc) is 2.92. The van der Waals surface area contributed by atoms with Gasteiger partial charge in [0, 0.05) is 12.5 Å². The van der Waals surface area contributed by atoms with Crippen molar-refractivity contribution in [3.05, 3.63) is 70.8 Å². The smallest absolute Gasteiger partial charge is 0.241 e. The van der Waals surface area contributed by atoms with Gasteiger partial charge in [0.1, 0.15) is 21.5 Å². The molecule has 0 bridgehead atoms. The minimum atomic E-state index is -0.701. The molecule has 1 atom stereocenters. The van der Waals surface area contributed by atoms with Crippen LogP contribution in [0.4, 0.5) is 8.78 Å². The molecule has 3 nitrogen and oxygen atoms in total. The van der Waals surface area contributed by atoms with E-state index in [0.717, 1.165) is 49.4 Å². The fraction of sp³-hybridized carbons (Fsp3) is 0.300. The summed E-state index contributed by atoms with van der Waals surface area (Å²) < 4.78 is 28.0. The van der Waals surface area contributed by atoms with Gasteiger partial charge in [0.05, 0.1) is 0 Å². The highest BCUT2D eigenvalue weighted by Gasteiger charge is 2.49. The third-order valence-corrected chi connectivity index (χ3v) is 6.34. The molecular weight excluding hydrogens is 354 g/mol. The second-order valence-electron chi connectivity index (χ2n) is 6.61. The van der Waals surface area contributed by atoms with E-state index in [0.29, 0.717) is 5.04 Å². The molecule has 1 aliphatic heterocycles. The summed E-state index contributed by atoms with van der Waals surface area (Å²) >= 11 is 1.35. The molecule has 1 aliphatic carbocycles. The molecule has 2 aliphatic rings. The Hall–Kier alpha value is -2.21. The minimum Gasteiger partial charge on any atom is -0.273 e. The van der Waals surface area contributed by atoms with Crippen LogP contribution in [0.25, 0.3) is 0 Å². The maximum atomic E-state index is 14.3. The van der Waals surface area contributed by atoms with Crippen molar-refractivity contribution in [1.82, 2.24) is 5.01 Å². The maximum Gasteiger partial charge on any atom is 0.241 e. The van der Waals surface area contributed by atoms with Gasteiger partial charge in [-0.2, -0.15) is 5.10 Å². The Morgan fingerprint density at radius 1 is 1.19 bits per heavy atom. The van der Waals surface area contributed by atoms with Gasteiger partial charge in [-0.3, -0.25) is 4.79 Å². The van der Waals surface area contributed by atoms with Gasteiger partial charge in [-0.1, -0.05) is 36.0 Å². The number of aryl methyl sites for hydroxylation is 1. The van der Waals surface area contributed by atoms with Crippen LogP contribution in [0.1, 0.15) is 42.9 Å². The van der Waals surface area contributed by atoms with Crippen LogP contribution in [-0.4, -0.2) is 16.0 Å². The number of hydrazone groups is 1. The van der Waals surface area contributed by atoms with E-state index < -0.39 is 16.5 Å². The summed E-state index contributed by atoms with van der Waals surface area (Å²) in [4.78, 5) is 11.7. The minimum absolute atomic E-state index is 0.0971. The van der Waals surface area contributed by atoms with E-state index in [1.807, 2.05) is 18.2 Å². The predicted molar refractivity (Wildman–Crippen MR) is 98.7 cm³/mol. The highest BCUT2D eigenvalue weighted by atomic mass is 32.2. The van der Waals surface area contributed by atoms with Crippen molar-refractivity contribution in [3.8, 4) is 0 Å². The number of carbonyl (C=O) groups excluding carboxylic acids is 1. The van der Waals surface area contributed by atoms with E-state index in [4.69, 9.17) is 0 Å². The zero-order chi connectivity index (χ0) is 18.3. The summed E-state index contributed by atoms with van der Waals surface area (Å²) in [6.45, 7) is 1.46. The molecule has 1 amide bonds. The van der Waals surface area contributed by atoms with E-state index in [1.165, 1.54) is 29.3 Å². The molecule has 134 valence electrons. The second kappa shape index (κ2) is 6.50. The van der Waals surface area contributed by atoms with E-state index in [2.05, 4.69) is 11.2 Å². The lowest BCUT2D eigenvalue weighted by molar-refractivity contribution is -0.132. The molecule has 0 saturated heterocycles. The molecule has 0 saturated carbocycles. The van der Waals surface area contributed by atoms with Crippen LogP contribution >= 0.6 is 11.8 Å². The van der Waals surface area contributed by atoms with Crippen molar-refractivity contribution in [2.24, 2.45) is 5.10 Å². The molecule has 1 heterocycles. The summed E-state index contributed by atoms with van der Waals surface area (Å²) in [5.74, 6) is -1.28. The zero-order valence-electron chi connectivity index (χ0n) is 14.3.